The highest BCUT2D eigenvalue weighted by Crippen LogP contribution is 2.22. The number of fused-ring (bicyclic) bond motifs is 1. The molecule has 1 unspecified atom stereocenters. The van der Waals surface area contributed by atoms with Gasteiger partial charge in [0.05, 0.1) is 5.75 Å². The van der Waals surface area contributed by atoms with Crippen LogP contribution < -0.4 is 5.43 Å². The van der Waals surface area contributed by atoms with Crippen molar-refractivity contribution in [2.75, 3.05) is 5.75 Å². The van der Waals surface area contributed by atoms with Gasteiger partial charge in [-0.25, -0.2) is 10.4 Å². The molecule has 21 heavy (non-hydrogen) atoms. The van der Waals surface area contributed by atoms with Crippen LogP contribution in [0.25, 0.3) is 11.1 Å². The smallest absolute Gasteiger partial charge is 0.257 e. The lowest BCUT2D eigenvalue weighted by Gasteiger charge is -2.07. The lowest BCUT2D eigenvalue weighted by Crippen LogP contribution is -2.22. The molecule has 0 saturated carbocycles. The first kappa shape index (κ1) is 15.6. The zero-order chi connectivity index (χ0) is 15.2. The SMILES string of the molecule is CCC(C)/C(C)=N/NC(=O)CSc1nc2ccccc2o1. The molecule has 0 bridgehead atoms. The van der Waals surface area contributed by atoms with Gasteiger partial charge in [-0.1, -0.05) is 37.7 Å². The normalized spacial score (nSPS) is 13.4. The number of thioether (sulfide) groups is 1. The summed E-state index contributed by atoms with van der Waals surface area (Å²) < 4.78 is 5.54. The fraction of sp³-hybridized carbons (Fsp3) is 0.400. The summed E-state index contributed by atoms with van der Waals surface area (Å²) in [6.07, 6.45) is 1.00. The summed E-state index contributed by atoms with van der Waals surface area (Å²) in [4.78, 5) is 16.0. The molecule has 0 aliphatic heterocycles. The lowest BCUT2D eigenvalue weighted by atomic mass is 10.1. The van der Waals surface area contributed by atoms with E-state index >= 15 is 0 Å². The summed E-state index contributed by atoms with van der Waals surface area (Å²) in [5.41, 5.74) is 5.01. The number of rotatable bonds is 6. The van der Waals surface area contributed by atoms with Crippen LogP contribution in [0.1, 0.15) is 27.2 Å². The quantitative estimate of drug-likeness (QED) is 0.504. The predicted octanol–water partition coefficient (Wildman–Crippen LogP) is 3.46. The molecule has 1 heterocycles. The average molecular weight is 305 g/mol. The number of hydrogen-bond donors (Lipinski definition) is 1. The van der Waals surface area contributed by atoms with Crippen molar-refractivity contribution in [3.63, 3.8) is 0 Å². The van der Waals surface area contributed by atoms with Crippen LogP contribution in [0.2, 0.25) is 0 Å². The Bertz CT molecular complexity index is 618. The van der Waals surface area contributed by atoms with Gasteiger partial charge in [0.25, 0.3) is 11.1 Å². The highest BCUT2D eigenvalue weighted by molar-refractivity contribution is 7.99. The molecular formula is C15H19N3O2S. The molecule has 2 rings (SSSR count). The fourth-order valence-electron chi connectivity index (χ4n) is 1.63. The van der Waals surface area contributed by atoms with E-state index in [-0.39, 0.29) is 11.7 Å². The second-order valence-corrected chi connectivity index (χ2v) is 5.76. The Morgan fingerprint density at radius 1 is 1.48 bits per heavy atom. The monoisotopic (exact) mass is 305 g/mol. The van der Waals surface area contributed by atoms with Gasteiger partial charge in [-0.15, -0.1) is 0 Å². The van der Waals surface area contributed by atoms with E-state index < -0.39 is 0 Å². The van der Waals surface area contributed by atoms with Crippen LogP contribution in [0.5, 0.6) is 0 Å². The topological polar surface area (TPSA) is 67.5 Å². The highest BCUT2D eigenvalue weighted by atomic mass is 32.2. The third-order valence-corrected chi connectivity index (χ3v) is 4.11. The highest BCUT2D eigenvalue weighted by Gasteiger charge is 2.09. The Labute approximate surface area is 128 Å². The summed E-state index contributed by atoms with van der Waals surface area (Å²) in [5, 5.41) is 4.60. The maximum absolute atomic E-state index is 11.7. The molecule has 0 aliphatic carbocycles. The maximum atomic E-state index is 11.7. The minimum Gasteiger partial charge on any atom is -0.431 e. The van der Waals surface area contributed by atoms with Crippen molar-refractivity contribution >= 4 is 34.5 Å². The minimum absolute atomic E-state index is 0.162. The molecular weight excluding hydrogens is 286 g/mol. The Kier molecular flexibility index (Phi) is 5.38. The van der Waals surface area contributed by atoms with Crippen LogP contribution in [0, 0.1) is 5.92 Å². The number of nitrogens with one attached hydrogen (secondary N) is 1. The average Bonchev–Trinajstić information content (AvgIpc) is 2.92. The van der Waals surface area contributed by atoms with E-state index in [2.05, 4.69) is 29.4 Å². The van der Waals surface area contributed by atoms with Gasteiger partial charge in [0, 0.05) is 5.71 Å². The summed E-state index contributed by atoms with van der Waals surface area (Å²) >= 11 is 1.26. The van der Waals surface area contributed by atoms with Crippen LogP contribution in [0.15, 0.2) is 39.0 Å². The van der Waals surface area contributed by atoms with Gasteiger partial charge in [0.15, 0.2) is 5.58 Å². The number of aromatic nitrogens is 1. The first-order chi connectivity index (χ1) is 10.1. The van der Waals surface area contributed by atoms with E-state index in [1.807, 2.05) is 31.2 Å². The third kappa shape index (κ3) is 4.32. The standard InChI is InChI=1S/C15H19N3O2S/c1-4-10(2)11(3)17-18-14(19)9-21-15-16-12-7-5-6-8-13(12)20-15/h5-8,10H,4,9H2,1-3H3,(H,18,19)/b17-11+. The molecule has 1 amide bonds. The maximum Gasteiger partial charge on any atom is 0.257 e. The zero-order valence-electron chi connectivity index (χ0n) is 12.4. The molecule has 0 fully saturated rings. The van der Waals surface area contributed by atoms with E-state index in [1.54, 1.807) is 0 Å². The summed E-state index contributed by atoms with van der Waals surface area (Å²) in [7, 11) is 0. The van der Waals surface area contributed by atoms with E-state index in [1.165, 1.54) is 11.8 Å². The van der Waals surface area contributed by atoms with Gasteiger partial charge >= 0.3 is 0 Å². The Morgan fingerprint density at radius 2 is 2.24 bits per heavy atom. The van der Waals surface area contributed by atoms with Gasteiger partial charge < -0.3 is 4.42 Å². The lowest BCUT2D eigenvalue weighted by molar-refractivity contribution is -0.118. The van der Waals surface area contributed by atoms with Gasteiger partial charge in [-0.05, 0) is 31.4 Å². The van der Waals surface area contributed by atoms with Crippen molar-refractivity contribution in [1.29, 1.82) is 0 Å². The van der Waals surface area contributed by atoms with E-state index in [0.717, 1.165) is 23.2 Å². The van der Waals surface area contributed by atoms with Crippen LogP contribution in [-0.2, 0) is 4.79 Å². The summed E-state index contributed by atoms with van der Waals surface area (Å²) in [6, 6.07) is 7.52. The Balaban J connectivity index is 1.86. The molecule has 1 aromatic carbocycles. The van der Waals surface area contributed by atoms with Crippen molar-refractivity contribution < 1.29 is 9.21 Å². The first-order valence-electron chi connectivity index (χ1n) is 6.91. The van der Waals surface area contributed by atoms with E-state index in [9.17, 15) is 4.79 Å². The fourth-order valence-corrected chi connectivity index (χ4v) is 2.26. The number of para-hydroxylation sites is 2. The van der Waals surface area contributed by atoms with Gasteiger partial charge in [0.2, 0.25) is 0 Å². The number of benzene rings is 1. The van der Waals surface area contributed by atoms with Crippen LogP contribution in [0.4, 0.5) is 0 Å². The number of hydrogen-bond acceptors (Lipinski definition) is 5. The number of carbonyl (C=O) groups excluding carboxylic acids is 1. The predicted molar refractivity (Wildman–Crippen MR) is 85.4 cm³/mol. The minimum atomic E-state index is -0.162. The molecule has 1 aromatic heterocycles. The van der Waals surface area contributed by atoms with Crippen molar-refractivity contribution in [2.24, 2.45) is 11.0 Å². The number of carbonyl (C=O) groups is 1. The van der Waals surface area contributed by atoms with Gasteiger partial charge in [-0.3, -0.25) is 4.79 Å². The largest absolute Gasteiger partial charge is 0.431 e. The van der Waals surface area contributed by atoms with Crippen molar-refractivity contribution in [1.82, 2.24) is 10.4 Å². The second-order valence-electron chi connectivity index (χ2n) is 4.83. The van der Waals surface area contributed by atoms with Crippen LogP contribution in [0.3, 0.4) is 0 Å². The Hall–Kier alpha value is -1.82. The third-order valence-electron chi connectivity index (χ3n) is 3.28. The molecule has 0 aliphatic rings. The molecule has 5 nitrogen and oxygen atoms in total. The van der Waals surface area contributed by atoms with Crippen molar-refractivity contribution in [3.05, 3.63) is 24.3 Å². The molecule has 1 atom stereocenters. The first-order valence-corrected chi connectivity index (χ1v) is 7.90. The molecule has 0 spiro atoms. The molecule has 2 aromatic rings. The van der Waals surface area contributed by atoms with E-state index in [0.29, 0.717) is 11.1 Å². The Morgan fingerprint density at radius 3 is 2.95 bits per heavy atom. The molecule has 112 valence electrons. The number of nitrogens with zero attached hydrogens (tertiary/aromatic N) is 2. The van der Waals surface area contributed by atoms with Crippen molar-refractivity contribution in [2.45, 2.75) is 32.4 Å². The van der Waals surface area contributed by atoms with Crippen molar-refractivity contribution in [3.8, 4) is 0 Å². The number of oxazole rings is 1. The van der Waals surface area contributed by atoms with Crippen LogP contribution >= 0.6 is 11.8 Å². The molecule has 0 saturated heterocycles. The molecule has 0 radical (unpaired) electrons. The molecule has 6 heteroatoms. The number of hydrazone groups is 1. The van der Waals surface area contributed by atoms with Gasteiger partial charge in [0.1, 0.15) is 5.52 Å². The van der Waals surface area contributed by atoms with E-state index in [4.69, 9.17) is 4.42 Å². The summed E-state index contributed by atoms with van der Waals surface area (Å²) in [5.74, 6) is 0.435. The number of amides is 1. The van der Waals surface area contributed by atoms with Gasteiger partial charge in [-0.2, -0.15) is 5.10 Å². The summed E-state index contributed by atoms with van der Waals surface area (Å²) in [6.45, 7) is 6.09. The zero-order valence-corrected chi connectivity index (χ0v) is 13.2. The second kappa shape index (κ2) is 7.26. The van der Waals surface area contributed by atoms with Crippen LogP contribution in [-0.4, -0.2) is 22.4 Å². The molecule has 1 N–H and O–H groups in total.